The molecule has 2 heterocycles. The molecule has 0 saturated carbocycles. The van der Waals surface area contributed by atoms with Crippen LogP contribution in [0.5, 0.6) is 23.0 Å². The second kappa shape index (κ2) is 13.3. The van der Waals surface area contributed by atoms with Crippen molar-refractivity contribution >= 4 is 23.4 Å². The van der Waals surface area contributed by atoms with E-state index in [9.17, 15) is 9.59 Å². The van der Waals surface area contributed by atoms with Crippen LogP contribution in [0.2, 0.25) is 0 Å². The number of hydrogen-bond acceptors (Lipinski definition) is 9. The van der Waals surface area contributed by atoms with Gasteiger partial charge in [-0.05, 0) is 75.1 Å². The van der Waals surface area contributed by atoms with Crippen LogP contribution in [0.4, 0.5) is 0 Å². The van der Waals surface area contributed by atoms with Crippen LogP contribution >= 0.6 is 11.3 Å². The molecule has 0 aliphatic carbocycles. The fourth-order valence-corrected chi connectivity index (χ4v) is 5.66. The van der Waals surface area contributed by atoms with E-state index >= 15 is 0 Å². The van der Waals surface area contributed by atoms with Gasteiger partial charge >= 0.3 is 5.97 Å². The number of carbonyl (C=O) groups is 1. The van der Waals surface area contributed by atoms with E-state index in [0.29, 0.717) is 61.7 Å². The molecule has 1 aliphatic rings. The lowest BCUT2D eigenvalue weighted by molar-refractivity contribution is -0.139. The van der Waals surface area contributed by atoms with Crippen molar-refractivity contribution in [3.05, 3.63) is 78.5 Å². The Hall–Kier alpha value is -4.05. The Labute approximate surface area is 249 Å². The molecule has 3 aromatic rings. The molecule has 1 aliphatic heterocycles. The molecule has 0 bridgehead atoms. The Kier molecular flexibility index (Phi) is 9.78. The standard InChI is InChI=1S/C32H38N2O7S/c1-9-39-31(36)28-20(6)33-32-34(29(28)22-11-13-24(41-19(4)5)26(16-22)38-8)30(35)27(42-32)15-21-10-12-23(25(14-21)37-7)40-17-18(2)3/h10-16,18-19,29H,9,17H2,1-8H3/b27-15-/t29-/m1/s1. The summed E-state index contributed by atoms with van der Waals surface area (Å²) in [6.07, 6.45) is 1.73. The van der Waals surface area contributed by atoms with Crippen molar-refractivity contribution in [3.8, 4) is 23.0 Å². The summed E-state index contributed by atoms with van der Waals surface area (Å²) in [4.78, 5) is 32.4. The van der Waals surface area contributed by atoms with E-state index in [1.54, 1.807) is 50.8 Å². The van der Waals surface area contributed by atoms with Gasteiger partial charge in [-0.1, -0.05) is 37.3 Å². The lowest BCUT2D eigenvalue weighted by atomic mass is 9.95. The fraction of sp³-hybridized carbons (Fsp3) is 0.406. The van der Waals surface area contributed by atoms with Crippen molar-refractivity contribution in [3.63, 3.8) is 0 Å². The molecule has 10 heteroatoms. The zero-order valence-electron chi connectivity index (χ0n) is 25.3. The largest absolute Gasteiger partial charge is 0.493 e. The highest BCUT2D eigenvalue weighted by Crippen LogP contribution is 2.36. The van der Waals surface area contributed by atoms with Gasteiger partial charge in [-0.15, -0.1) is 0 Å². The van der Waals surface area contributed by atoms with E-state index in [4.69, 9.17) is 23.7 Å². The number of nitrogens with zero attached hydrogens (tertiary/aromatic N) is 2. The van der Waals surface area contributed by atoms with Crippen LogP contribution in [0.3, 0.4) is 0 Å². The van der Waals surface area contributed by atoms with E-state index in [2.05, 4.69) is 18.8 Å². The second-order valence-electron chi connectivity index (χ2n) is 10.5. The number of hydrogen-bond donors (Lipinski definition) is 0. The number of rotatable bonds is 11. The molecule has 0 unspecified atom stereocenters. The number of carbonyl (C=O) groups excluding carboxylic acids is 1. The molecule has 0 saturated heterocycles. The number of fused-ring (bicyclic) bond motifs is 1. The van der Waals surface area contributed by atoms with E-state index < -0.39 is 12.0 Å². The first-order chi connectivity index (χ1) is 20.1. The van der Waals surface area contributed by atoms with Crippen LogP contribution in [0.15, 0.2) is 57.5 Å². The van der Waals surface area contributed by atoms with Crippen LogP contribution in [-0.2, 0) is 9.53 Å². The number of allylic oxidation sites excluding steroid dienone is 1. The molecule has 0 N–H and O–H groups in total. The maximum Gasteiger partial charge on any atom is 0.338 e. The minimum atomic E-state index is -0.772. The maximum absolute atomic E-state index is 14.0. The first kappa shape index (κ1) is 30.9. The zero-order chi connectivity index (χ0) is 30.6. The van der Waals surface area contributed by atoms with Crippen LogP contribution < -0.4 is 33.8 Å². The first-order valence-corrected chi connectivity index (χ1v) is 14.7. The normalized spacial score (nSPS) is 15.0. The molecule has 0 fully saturated rings. The van der Waals surface area contributed by atoms with Crippen LogP contribution in [0, 0.1) is 5.92 Å². The van der Waals surface area contributed by atoms with E-state index in [1.807, 2.05) is 38.1 Å². The van der Waals surface area contributed by atoms with E-state index in [1.165, 1.54) is 11.3 Å². The molecular formula is C32H38N2O7S. The highest BCUT2D eigenvalue weighted by Gasteiger charge is 2.34. The molecule has 4 rings (SSSR count). The molecule has 0 radical (unpaired) electrons. The summed E-state index contributed by atoms with van der Waals surface area (Å²) in [5.41, 5.74) is 1.94. The van der Waals surface area contributed by atoms with Gasteiger partial charge < -0.3 is 23.7 Å². The first-order valence-electron chi connectivity index (χ1n) is 13.9. The summed E-state index contributed by atoms with van der Waals surface area (Å²) >= 11 is 1.25. The molecule has 0 spiro atoms. The van der Waals surface area contributed by atoms with Crippen molar-refractivity contribution in [2.24, 2.45) is 10.9 Å². The summed E-state index contributed by atoms with van der Waals surface area (Å²) in [6, 6.07) is 10.2. The van der Waals surface area contributed by atoms with Gasteiger partial charge in [0.1, 0.15) is 0 Å². The Morgan fingerprint density at radius 1 is 1.02 bits per heavy atom. The third-order valence-electron chi connectivity index (χ3n) is 6.44. The minimum absolute atomic E-state index is 0.0610. The Balaban J connectivity index is 1.87. The van der Waals surface area contributed by atoms with Crippen molar-refractivity contribution < 1.29 is 28.5 Å². The van der Waals surface area contributed by atoms with Gasteiger partial charge in [0.25, 0.3) is 5.56 Å². The van der Waals surface area contributed by atoms with Crippen molar-refractivity contribution in [1.82, 2.24) is 4.57 Å². The number of methoxy groups -OCH3 is 2. The van der Waals surface area contributed by atoms with Crippen LogP contribution in [0.1, 0.15) is 58.7 Å². The van der Waals surface area contributed by atoms with Crippen molar-refractivity contribution in [2.75, 3.05) is 27.4 Å². The van der Waals surface area contributed by atoms with Gasteiger partial charge in [0, 0.05) is 0 Å². The number of aromatic nitrogens is 1. The Bertz CT molecular complexity index is 1670. The summed E-state index contributed by atoms with van der Waals surface area (Å²) < 4.78 is 30.4. The highest BCUT2D eigenvalue weighted by atomic mass is 32.1. The predicted molar refractivity (Wildman–Crippen MR) is 162 cm³/mol. The quantitative estimate of drug-likeness (QED) is 0.299. The van der Waals surface area contributed by atoms with Gasteiger partial charge in [0.15, 0.2) is 27.8 Å². The molecule has 1 aromatic heterocycles. The molecule has 42 heavy (non-hydrogen) atoms. The topological polar surface area (TPSA) is 97.6 Å². The molecule has 2 aromatic carbocycles. The Morgan fingerprint density at radius 3 is 2.36 bits per heavy atom. The fourth-order valence-electron chi connectivity index (χ4n) is 4.61. The number of thiazole rings is 1. The lowest BCUT2D eigenvalue weighted by Gasteiger charge is -2.25. The minimum Gasteiger partial charge on any atom is -0.493 e. The summed E-state index contributed by atoms with van der Waals surface area (Å²) in [7, 11) is 3.14. The average molecular weight is 595 g/mol. The predicted octanol–water partition coefficient (Wildman–Crippen LogP) is 4.64. The SMILES string of the molecule is CCOC(=O)C1=C(C)N=c2s/c(=C\c3ccc(OCC(C)C)c(OC)c3)c(=O)n2[C@@H]1c1ccc(OC(C)C)c(OC)c1. The van der Waals surface area contributed by atoms with Crippen molar-refractivity contribution in [1.29, 1.82) is 0 Å². The van der Waals surface area contributed by atoms with Crippen LogP contribution in [0.25, 0.3) is 6.08 Å². The average Bonchev–Trinajstić information content (AvgIpc) is 3.25. The van der Waals surface area contributed by atoms with Gasteiger partial charge in [0.2, 0.25) is 0 Å². The van der Waals surface area contributed by atoms with Gasteiger partial charge in [0.05, 0.1) is 55.4 Å². The monoisotopic (exact) mass is 594 g/mol. The van der Waals surface area contributed by atoms with E-state index in [-0.39, 0.29) is 18.3 Å². The van der Waals surface area contributed by atoms with Gasteiger partial charge in [-0.3, -0.25) is 9.36 Å². The maximum atomic E-state index is 14.0. The van der Waals surface area contributed by atoms with E-state index in [0.717, 1.165) is 5.56 Å². The number of ether oxygens (including phenoxy) is 5. The number of benzene rings is 2. The van der Waals surface area contributed by atoms with Crippen molar-refractivity contribution in [2.45, 2.75) is 53.7 Å². The summed E-state index contributed by atoms with van der Waals surface area (Å²) in [5, 5.41) is 0. The summed E-state index contributed by atoms with van der Waals surface area (Å²) in [6.45, 7) is 12.3. The molecule has 0 amide bonds. The van der Waals surface area contributed by atoms with Gasteiger partial charge in [-0.25, -0.2) is 9.79 Å². The van der Waals surface area contributed by atoms with Crippen LogP contribution in [-0.4, -0.2) is 44.1 Å². The third kappa shape index (κ3) is 6.54. The smallest absolute Gasteiger partial charge is 0.338 e. The highest BCUT2D eigenvalue weighted by molar-refractivity contribution is 7.07. The lowest BCUT2D eigenvalue weighted by Crippen LogP contribution is -2.40. The summed E-state index contributed by atoms with van der Waals surface area (Å²) in [5.74, 6) is 2.11. The molecular weight excluding hydrogens is 556 g/mol. The molecule has 1 atom stereocenters. The number of esters is 1. The zero-order valence-corrected chi connectivity index (χ0v) is 26.2. The molecule has 9 nitrogen and oxygen atoms in total. The third-order valence-corrected chi connectivity index (χ3v) is 7.42. The van der Waals surface area contributed by atoms with Gasteiger partial charge in [-0.2, -0.15) is 0 Å². The Morgan fingerprint density at radius 2 is 1.71 bits per heavy atom. The second-order valence-corrected chi connectivity index (χ2v) is 11.5. The molecule has 224 valence electrons.